The fraction of sp³-hybridized carbons (Fsp3) is 0.464. The molecule has 200 valence electrons. The number of halogens is 3. The van der Waals surface area contributed by atoms with Gasteiger partial charge in [-0.05, 0) is 57.1 Å². The van der Waals surface area contributed by atoms with E-state index in [1.54, 1.807) is 0 Å². The molecule has 3 atom stereocenters. The van der Waals surface area contributed by atoms with E-state index in [9.17, 15) is 23.1 Å². The Morgan fingerprint density at radius 3 is 2.50 bits per heavy atom. The van der Waals surface area contributed by atoms with E-state index in [1.165, 1.54) is 0 Å². The van der Waals surface area contributed by atoms with Crippen LogP contribution in [-0.2, 0) is 17.5 Å². The number of fused-ring (bicyclic) bond motifs is 2. The molecule has 4 heterocycles. The summed E-state index contributed by atoms with van der Waals surface area (Å²) >= 11 is 0. The van der Waals surface area contributed by atoms with Gasteiger partial charge in [-0.2, -0.15) is 13.2 Å². The topological polar surface area (TPSA) is 88.7 Å². The number of carbonyl (C=O) groups is 1. The molecule has 1 N–H and O–H groups in total. The second kappa shape index (κ2) is 9.41. The number of ether oxygens (including phenoxy) is 1. The Labute approximate surface area is 217 Å². The van der Waals surface area contributed by atoms with Gasteiger partial charge in [0.2, 0.25) is 0 Å². The lowest BCUT2D eigenvalue weighted by Crippen LogP contribution is -2.46. The number of piperidine rings is 1. The molecule has 38 heavy (non-hydrogen) atoms. The minimum Gasteiger partial charge on any atom is -0.478 e. The van der Waals surface area contributed by atoms with Crippen molar-refractivity contribution in [1.29, 1.82) is 0 Å². The van der Waals surface area contributed by atoms with Gasteiger partial charge in [0.15, 0.2) is 0 Å². The summed E-state index contributed by atoms with van der Waals surface area (Å²) in [6.45, 7) is 2.41. The van der Waals surface area contributed by atoms with Crippen molar-refractivity contribution in [1.82, 2.24) is 10.1 Å². The first kappa shape index (κ1) is 24.9. The molecule has 3 aromatic rings. The Hall–Kier alpha value is -3.40. The van der Waals surface area contributed by atoms with E-state index in [2.05, 4.69) is 10.1 Å². The molecule has 6 rings (SSSR count). The molecular formula is C28H28F3N3O4. The average molecular weight is 528 g/mol. The van der Waals surface area contributed by atoms with Crippen molar-refractivity contribution in [2.45, 2.75) is 82.3 Å². The van der Waals surface area contributed by atoms with E-state index < -0.39 is 23.3 Å². The Bertz CT molecular complexity index is 1350. The molecule has 0 amide bonds. The fourth-order valence-corrected chi connectivity index (χ4v) is 6.01. The molecule has 3 fully saturated rings. The molecule has 1 saturated carbocycles. The van der Waals surface area contributed by atoms with Crippen molar-refractivity contribution in [3.05, 3.63) is 64.5 Å². The second-order valence-corrected chi connectivity index (χ2v) is 10.6. The van der Waals surface area contributed by atoms with Crippen molar-refractivity contribution < 1.29 is 32.3 Å². The van der Waals surface area contributed by atoms with Crippen molar-refractivity contribution >= 4 is 11.8 Å². The molecule has 1 aliphatic carbocycles. The van der Waals surface area contributed by atoms with Gasteiger partial charge < -0.3 is 19.3 Å². The van der Waals surface area contributed by atoms with Gasteiger partial charge in [0, 0.05) is 35.3 Å². The lowest BCUT2D eigenvalue weighted by atomic mass is 9.98. The van der Waals surface area contributed by atoms with Crippen molar-refractivity contribution in [3.63, 3.8) is 0 Å². The number of aromatic nitrogens is 2. The van der Waals surface area contributed by atoms with E-state index in [0.717, 1.165) is 66.1 Å². The number of aromatic carboxylic acids is 1. The number of benzene rings is 1. The van der Waals surface area contributed by atoms with E-state index in [-0.39, 0.29) is 24.0 Å². The summed E-state index contributed by atoms with van der Waals surface area (Å²) in [5.41, 5.74) is 1.92. The van der Waals surface area contributed by atoms with E-state index >= 15 is 0 Å². The number of carboxylic acids is 1. The predicted octanol–water partition coefficient (Wildman–Crippen LogP) is 6.36. The third-order valence-corrected chi connectivity index (χ3v) is 8.01. The number of rotatable bonds is 7. The molecule has 1 aromatic carbocycles. The average Bonchev–Trinajstić information content (AvgIpc) is 3.58. The molecule has 2 saturated heterocycles. The number of hydrogen-bond acceptors (Lipinski definition) is 6. The van der Waals surface area contributed by atoms with Gasteiger partial charge in [0.05, 0.1) is 23.8 Å². The molecule has 2 aliphatic heterocycles. The number of nitrogens with zero attached hydrogens (tertiary/aromatic N) is 3. The minimum absolute atomic E-state index is 0.0239. The van der Waals surface area contributed by atoms with Crippen LogP contribution in [0.25, 0.3) is 11.3 Å². The quantitative estimate of drug-likeness (QED) is 0.383. The van der Waals surface area contributed by atoms with Gasteiger partial charge in [-0.15, -0.1) is 0 Å². The summed E-state index contributed by atoms with van der Waals surface area (Å²) < 4.78 is 53.0. The van der Waals surface area contributed by atoms with Crippen molar-refractivity contribution in [2.24, 2.45) is 0 Å². The van der Waals surface area contributed by atoms with E-state index in [0.29, 0.717) is 25.4 Å². The zero-order valence-electron chi connectivity index (χ0n) is 20.9. The van der Waals surface area contributed by atoms with Gasteiger partial charge in [0.25, 0.3) is 0 Å². The SMILES string of the molecule is Cc1ccccc1-c1noc(C2CC2)c1CO[C@@H]1CC2CC[C@@H](C1)N2c1cc(C(F)(F)F)c(C(=O)O)cn1. The number of alkyl halides is 3. The first-order valence-corrected chi connectivity index (χ1v) is 13.0. The number of carboxylic acid groups (broad SMARTS) is 1. The molecule has 2 bridgehead atoms. The highest BCUT2D eigenvalue weighted by molar-refractivity contribution is 5.89. The zero-order valence-corrected chi connectivity index (χ0v) is 20.9. The molecule has 3 aliphatic rings. The van der Waals surface area contributed by atoms with Gasteiger partial charge in [-0.1, -0.05) is 29.4 Å². The van der Waals surface area contributed by atoms with Crippen molar-refractivity contribution in [2.75, 3.05) is 4.90 Å². The number of hydrogen-bond donors (Lipinski definition) is 1. The van der Waals surface area contributed by atoms with E-state index in [1.807, 2.05) is 36.1 Å². The van der Waals surface area contributed by atoms with Crippen LogP contribution in [0.3, 0.4) is 0 Å². The summed E-state index contributed by atoms with van der Waals surface area (Å²) in [5, 5.41) is 13.6. The monoisotopic (exact) mass is 527 g/mol. The maximum atomic E-state index is 13.6. The Balaban J connectivity index is 1.20. The number of anilines is 1. The Morgan fingerprint density at radius 1 is 1.16 bits per heavy atom. The highest BCUT2D eigenvalue weighted by atomic mass is 19.4. The van der Waals surface area contributed by atoms with Gasteiger partial charge in [-0.3, -0.25) is 0 Å². The van der Waals surface area contributed by atoms with Crippen LogP contribution >= 0.6 is 0 Å². The molecule has 0 spiro atoms. The van der Waals surface area contributed by atoms with Crippen molar-refractivity contribution in [3.8, 4) is 11.3 Å². The lowest BCUT2D eigenvalue weighted by Gasteiger charge is -2.40. The first-order chi connectivity index (χ1) is 18.2. The summed E-state index contributed by atoms with van der Waals surface area (Å²) in [6.07, 6.45) is 1.09. The first-order valence-electron chi connectivity index (χ1n) is 13.0. The largest absolute Gasteiger partial charge is 0.478 e. The molecular weight excluding hydrogens is 499 g/mol. The van der Waals surface area contributed by atoms with Gasteiger partial charge >= 0.3 is 12.1 Å². The Kier molecular flexibility index (Phi) is 6.17. The highest BCUT2D eigenvalue weighted by Crippen LogP contribution is 2.46. The smallest absolute Gasteiger partial charge is 0.417 e. The summed E-state index contributed by atoms with van der Waals surface area (Å²) in [5.74, 6) is -0.202. The minimum atomic E-state index is -4.78. The Morgan fingerprint density at radius 2 is 1.87 bits per heavy atom. The van der Waals surface area contributed by atoms with Crippen LogP contribution in [0.2, 0.25) is 0 Å². The second-order valence-electron chi connectivity index (χ2n) is 10.6. The molecule has 7 nitrogen and oxygen atoms in total. The molecule has 0 radical (unpaired) electrons. The summed E-state index contributed by atoms with van der Waals surface area (Å²) in [7, 11) is 0. The lowest BCUT2D eigenvalue weighted by molar-refractivity contribution is -0.138. The van der Waals surface area contributed by atoms with Gasteiger partial charge in [-0.25, -0.2) is 9.78 Å². The highest BCUT2D eigenvalue weighted by Gasteiger charge is 2.44. The molecule has 10 heteroatoms. The van der Waals surface area contributed by atoms with Crippen LogP contribution in [0.5, 0.6) is 0 Å². The summed E-state index contributed by atoms with van der Waals surface area (Å²) in [4.78, 5) is 17.4. The molecule has 1 unspecified atom stereocenters. The predicted molar refractivity (Wildman–Crippen MR) is 132 cm³/mol. The maximum Gasteiger partial charge on any atom is 0.417 e. The van der Waals surface area contributed by atoms with Crippen LogP contribution < -0.4 is 4.90 Å². The van der Waals surface area contributed by atoms with Crippen LogP contribution in [0.15, 0.2) is 41.1 Å². The van der Waals surface area contributed by atoms with Crippen LogP contribution in [0, 0.1) is 6.92 Å². The normalized spacial score (nSPS) is 23.2. The zero-order chi connectivity index (χ0) is 26.6. The van der Waals surface area contributed by atoms with Crippen LogP contribution in [-0.4, -0.2) is 39.4 Å². The van der Waals surface area contributed by atoms with Crippen LogP contribution in [0.1, 0.15) is 77.3 Å². The van der Waals surface area contributed by atoms with Crippen LogP contribution in [0.4, 0.5) is 19.0 Å². The molecule has 2 aromatic heterocycles. The maximum absolute atomic E-state index is 13.6. The van der Waals surface area contributed by atoms with E-state index in [4.69, 9.17) is 9.26 Å². The standard InChI is InChI=1S/C28H28F3N3O4/c1-15-4-2-3-5-20(15)25-22(26(38-33-25)16-6-7-16)14-37-19-10-17-8-9-18(11-19)34(17)24-12-23(28(29,30)31)21(13-32-24)27(35)36/h2-5,12-13,16-19H,6-11,14H2,1H3,(H,35,36)/t17-,18?,19-/m0/s1. The third-order valence-electron chi connectivity index (χ3n) is 8.01. The third kappa shape index (κ3) is 4.55. The van der Waals surface area contributed by atoms with Gasteiger partial charge in [0.1, 0.15) is 17.3 Å². The number of pyridine rings is 1. The fourth-order valence-electron chi connectivity index (χ4n) is 6.01. The number of aryl methyl sites for hydroxylation is 1. The summed E-state index contributed by atoms with van der Waals surface area (Å²) in [6, 6.07) is 8.87.